The van der Waals surface area contributed by atoms with Gasteiger partial charge in [-0.05, 0) is 68.9 Å². The van der Waals surface area contributed by atoms with E-state index in [-0.39, 0.29) is 36.0 Å². The van der Waals surface area contributed by atoms with Gasteiger partial charge in [-0.3, -0.25) is 24.3 Å². The Hall–Kier alpha value is -3.47. The average Bonchev–Trinajstić information content (AvgIpc) is 3.36. The average molecular weight is 532 g/mol. The lowest BCUT2D eigenvalue weighted by atomic mass is 9.90. The Bertz CT molecular complexity index is 1150. The lowest BCUT2D eigenvalue weighted by molar-refractivity contribution is -0.137. The topological polar surface area (TPSA) is 103 Å². The number of pyridine rings is 1. The molecule has 2 aromatic rings. The van der Waals surface area contributed by atoms with Crippen LogP contribution in [0.4, 0.5) is 13.2 Å². The second-order valence-corrected chi connectivity index (χ2v) is 10.0. The van der Waals surface area contributed by atoms with E-state index in [1.165, 1.54) is 6.07 Å². The summed E-state index contributed by atoms with van der Waals surface area (Å²) in [5.41, 5.74) is 0.353. The first kappa shape index (κ1) is 27.6. The van der Waals surface area contributed by atoms with Crippen molar-refractivity contribution in [2.45, 2.75) is 63.3 Å². The normalized spacial score (nSPS) is 22.1. The summed E-state index contributed by atoms with van der Waals surface area (Å²) in [7, 11) is 0. The number of halogens is 3. The van der Waals surface area contributed by atoms with Crippen molar-refractivity contribution < 1.29 is 27.6 Å². The van der Waals surface area contributed by atoms with Gasteiger partial charge in [0.05, 0.1) is 12.1 Å². The van der Waals surface area contributed by atoms with Gasteiger partial charge in [-0.15, -0.1) is 0 Å². The first-order valence-corrected chi connectivity index (χ1v) is 12.8. The van der Waals surface area contributed by atoms with Crippen LogP contribution in [0.5, 0.6) is 0 Å². The van der Waals surface area contributed by atoms with E-state index in [1.807, 2.05) is 13.0 Å². The molecule has 1 aromatic heterocycles. The molecule has 1 aliphatic carbocycles. The van der Waals surface area contributed by atoms with E-state index >= 15 is 0 Å². The van der Waals surface area contributed by atoms with Gasteiger partial charge in [0.15, 0.2) is 0 Å². The number of rotatable bonds is 7. The molecule has 0 radical (unpaired) electrons. The molecule has 3 amide bonds. The number of carbonyl (C=O) groups excluding carboxylic acids is 3. The van der Waals surface area contributed by atoms with Gasteiger partial charge in [0.25, 0.3) is 11.8 Å². The Kier molecular flexibility index (Phi) is 8.65. The molecule has 1 aliphatic heterocycles. The molecule has 2 aliphatic rings. The molecule has 2 fully saturated rings. The van der Waals surface area contributed by atoms with Crippen LogP contribution in [-0.2, 0) is 11.0 Å². The first-order valence-electron chi connectivity index (χ1n) is 12.8. The smallest absolute Gasteiger partial charge is 0.350 e. The van der Waals surface area contributed by atoms with Crippen LogP contribution in [0.15, 0.2) is 42.6 Å². The van der Waals surface area contributed by atoms with Crippen molar-refractivity contribution in [2.75, 3.05) is 19.6 Å². The van der Waals surface area contributed by atoms with E-state index in [9.17, 15) is 27.6 Å². The number of amides is 3. The van der Waals surface area contributed by atoms with Crippen LogP contribution in [0.3, 0.4) is 0 Å². The summed E-state index contributed by atoms with van der Waals surface area (Å²) in [6, 6.07) is 8.12. The van der Waals surface area contributed by atoms with Gasteiger partial charge in [0.2, 0.25) is 5.91 Å². The molecule has 1 unspecified atom stereocenters. The van der Waals surface area contributed by atoms with Crippen molar-refractivity contribution >= 4 is 17.7 Å². The quantitative estimate of drug-likeness (QED) is 0.510. The zero-order valence-corrected chi connectivity index (χ0v) is 21.2. The summed E-state index contributed by atoms with van der Waals surface area (Å²) >= 11 is 0. The highest BCUT2D eigenvalue weighted by atomic mass is 19.4. The number of hydrogen-bond donors (Lipinski definition) is 3. The minimum Gasteiger partial charge on any atom is -0.350 e. The van der Waals surface area contributed by atoms with Crippen molar-refractivity contribution in [3.05, 3.63) is 65.0 Å². The van der Waals surface area contributed by atoms with Gasteiger partial charge in [-0.1, -0.05) is 12.1 Å². The molecular formula is C27H32F3N5O3. The van der Waals surface area contributed by atoms with Crippen LogP contribution in [0, 0.1) is 6.92 Å². The highest BCUT2D eigenvalue weighted by Gasteiger charge is 2.33. The molecule has 1 aromatic carbocycles. The molecule has 1 atom stereocenters. The molecule has 3 N–H and O–H groups in total. The third-order valence-corrected chi connectivity index (χ3v) is 7.14. The van der Waals surface area contributed by atoms with E-state index in [1.54, 1.807) is 12.3 Å². The summed E-state index contributed by atoms with van der Waals surface area (Å²) in [6.07, 6.45) is 1.55. The van der Waals surface area contributed by atoms with Crippen molar-refractivity contribution in [2.24, 2.45) is 0 Å². The molecule has 2 heterocycles. The fraction of sp³-hybridized carbons (Fsp3) is 0.481. The number of likely N-dealkylation sites (tertiary alicyclic amines) is 1. The first-order chi connectivity index (χ1) is 18.1. The van der Waals surface area contributed by atoms with Crippen LogP contribution < -0.4 is 16.0 Å². The van der Waals surface area contributed by atoms with Crippen LogP contribution in [0.1, 0.15) is 64.1 Å². The molecule has 8 nitrogen and oxygen atoms in total. The van der Waals surface area contributed by atoms with Crippen LogP contribution >= 0.6 is 0 Å². The van der Waals surface area contributed by atoms with Gasteiger partial charge in [-0.25, -0.2) is 0 Å². The van der Waals surface area contributed by atoms with Crippen molar-refractivity contribution in [1.82, 2.24) is 25.8 Å². The summed E-state index contributed by atoms with van der Waals surface area (Å²) < 4.78 is 38.6. The number of carbonyl (C=O) groups is 3. The lowest BCUT2D eigenvalue weighted by Gasteiger charge is -2.35. The number of benzene rings is 1. The standard InChI is InChI=1S/C27H32F3N5O3/c1-17-5-10-23(31-14-17)26(38)34-20-6-8-22(9-7-20)35-12-11-21(16-35)33-24(36)15-32-25(37)18-3-2-4-19(13-18)27(28,29)30/h2-5,10,13-14,20-22H,6-9,11-12,15-16H2,1H3,(H,32,37)(H,33,36)(H,34,38). The minimum absolute atomic E-state index is 0.0574. The van der Waals surface area contributed by atoms with Gasteiger partial charge in [0, 0.05) is 43.0 Å². The number of aryl methyl sites for hydroxylation is 1. The Morgan fingerprint density at radius 3 is 2.42 bits per heavy atom. The van der Waals surface area contributed by atoms with Crippen molar-refractivity contribution in [1.29, 1.82) is 0 Å². The SMILES string of the molecule is Cc1ccc(C(=O)NC2CCC(N3CCC(NC(=O)CNC(=O)c4cccc(C(F)(F)F)c4)C3)CC2)nc1. The fourth-order valence-corrected chi connectivity index (χ4v) is 5.06. The van der Waals surface area contributed by atoms with Gasteiger partial charge < -0.3 is 16.0 Å². The number of nitrogens with one attached hydrogen (secondary N) is 3. The zero-order valence-electron chi connectivity index (χ0n) is 21.2. The molecule has 1 saturated heterocycles. The number of nitrogens with zero attached hydrogens (tertiary/aromatic N) is 2. The molecule has 1 saturated carbocycles. The maximum absolute atomic E-state index is 12.9. The predicted octanol–water partition coefficient (Wildman–Crippen LogP) is 3.07. The Morgan fingerprint density at radius 2 is 1.74 bits per heavy atom. The van der Waals surface area contributed by atoms with E-state index in [2.05, 4.69) is 25.8 Å². The molecule has 4 rings (SSSR count). The van der Waals surface area contributed by atoms with Gasteiger partial charge in [0.1, 0.15) is 5.69 Å². The molecule has 38 heavy (non-hydrogen) atoms. The minimum atomic E-state index is -4.55. The van der Waals surface area contributed by atoms with Crippen molar-refractivity contribution in [3.8, 4) is 0 Å². The Balaban J connectivity index is 1.16. The zero-order chi connectivity index (χ0) is 27.3. The van der Waals surface area contributed by atoms with E-state index in [0.29, 0.717) is 18.3 Å². The predicted molar refractivity (Wildman–Crippen MR) is 134 cm³/mol. The Labute approximate surface area is 219 Å². The summed E-state index contributed by atoms with van der Waals surface area (Å²) in [5.74, 6) is -1.27. The molecule has 204 valence electrons. The molecule has 0 bridgehead atoms. The largest absolute Gasteiger partial charge is 0.416 e. The summed E-state index contributed by atoms with van der Waals surface area (Å²) in [6.45, 7) is 3.15. The van der Waals surface area contributed by atoms with Crippen LogP contribution in [0.2, 0.25) is 0 Å². The maximum atomic E-state index is 12.9. The fourth-order valence-electron chi connectivity index (χ4n) is 5.06. The maximum Gasteiger partial charge on any atom is 0.416 e. The van der Waals surface area contributed by atoms with E-state index < -0.39 is 17.6 Å². The number of aromatic nitrogens is 1. The Morgan fingerprint density at radius 1 is 0.974 bits per heavy atom. The monoisotopic (exact) mass is 531 g/mol. The van der Waals surface area contributed by atoms with Gasteiger partial charge in [-0.2, -0.15) is 13.2 Å². The second kappa shape index (κ2) is 11.9. The van der Waals surface area contributed by atoms with Gasteiger partial charge >= 0.3 is 6.18 Å². The highest BCUT2D eigenvalue weighted by Crippen LogP contribution is 2.29. The number of alkyl halides is 3. The van der Waals surface area contributed by atoms with E-state index in [0.717, 1.165) is 62.4 Å². The second-order valence-electron chi connectivity index (χ2n) is 10.0. The molecular weight excluding hydrogens is 499 g/mol. The number of hydrogen-bond acceptors (Lipinski definition) is 5. The lowest BCUT2D eigenvalue weighted by Crippen LogP contribution is -2.46. The summed E-state index contributed by atoms with van der Waals surface area (Å²) in [5, 5.41) is 8.38. The molecule has 11 heteroatoms. The third-order valence-electron chi connectivity index (χ3n) is 7.14. The van der Waals surface area contributed by atoms with E-state index in [4.69, 9.17) is 0 Å². The van der Waals surface area contributed by atoms with Crippen LogP contribution in [-0.4, -0.2) is 65.4 Å². The molecule has 0 spiro atoms. The van der Waals surface area contributed by atoms with Crippen molar-refractivity contribution in [3.63, 3.8) is 0 Å². The third kappa shape index (κ3) is 7.31. The van der Waals surface area contributed by atoms with Crippen LogP contribution in [0.25, 0.3) is 0 Å². The summed E-state index contributed by atoms with van der Waals surface area (Å²) in [4.78, 5) is 43.6. The highest BCUT2D eigenvalue weighted by molar-refractivity contribution is 5.96.